The third-order valence-corrected chi connectivity index (χ3v) is 5.83. The number of nitrogens with one attached hydrogen (secondary N) is 1. The summed E-state index contributed by atoms with van der Waals surface area (Å²) in [5.41, 5.74) is 1.14. The van der Waals surface area contributed by atoms with Gasteiger partial charge in [0.25, 0.3) is 0 Å². The van der Waals surface area contributed by atoms with Crippen LogP contribution in [-0.2, 0) is 14.8 Å². The molecular formula is C19H22Cl2N2O4S. The van der Waals surface area contributed by atoms with Crippen LogP contribution in [0.25, 0.3) is 0 Å². The van der Waals surface area contributed by atoms with Crippen LogP contribution in [-0.4, -0.2) is 33.7 Å². The molecule has 2 rings (SSSR count). The van der Waals surface area contributed by atoms with Crippen molar-refractivity contribution in [2.24, 2.45) is 0 Å². The maximum Gasteiger partial charge on any atom is 0.241 e. The summed E-state index contributed by atoms with van der Waals surface area (Å²) < 4.78 is 30.7. The first-order valence-corrected chi connectivity index (χ1v) is 11.2. The fraction of sp³-hybridized carbons (Fsp3) is 0.316. The summed E-state index contributed by atoms with van der Waals surface area (Å²) in [5, 5.41) is 3.30. The Bertz CT molecular complexity index is 933. The van der Waals surface area contributed by atoms with Gasteiger partial charge in [-0.25, -0.2) is 8.42 Å². The third-order valence-electron chi connectivity index (χ3n) is 3.95. The van der Waals surface area contributed by atoms with Crippen molar-refractivity contribution in [2.75, 3.05) is 23.7 Å². The number of sulfonamides is 1. The number of halogens is 2. The molecule has 0 aliphatic rings. The van der Waals surface area contributed by atoms with Crippen LogP contribution in [0, 0.1) is 0 Å². The molecule has 0 saturated heterocycles. The molecule has 2 aromatic carbocycles. The van der Waals surface area contributed by atoms with E-state index in [0.717, 1.165) is 21.9 Å². The van der Waals surface area contributed by atoms with E-state index in [1.807, 2.05) is 38.1 Å². The molecule has 0 radical (unpaired) electrons. The second-order valence-corrected chi connectivity index (χ2v) is 8.88. The molecule has 152 valence electrons. The van der Waals surface area contributed by atoms with Crippen molar-refractivity contribution in [3.05, 3.63) is 58.1 Å². The van der Waals surface area contributed by atoms with E-state index >= 15 is 0 Å². The van der Waals surface area contributed by atoms with Crippen molar-refractivity contribution < 1.29 is 17.9 Å². The minimum Gasteiger partial charge on any atom is -0.494 e. The van der Waals surface area contributed by atoms with Crippen molar-refractivity contribution in [3.8, 4) is 5.75 Å². The molecule has 0 aliphatic carbocycles. The quantitative estimate of drug-likeness (QED) is 0.666. The molecular weight excluding hydrogens is 423 g/mol. The van der Waals surface area contributed by atoms with Crippen LogP contribution in [0.2, 0.25) is 10.0 Å². The SMILES string of the molecule is CCOc1ccc([C@@H](C)NC(=O)CN(c2ccc(Cl)c(Cl)c2)S(C)(=O)=O)cc1. The molecule has 1 amide bonds. The van der Waals surface area contributed by atoms with Crippen LogP contribution >= 0.6 is 23.2 Å². The van der Waals surface area contributed by atoms with E-state index in [2.05, 4.69) is 5.32 Å². The topological polar surface area (TPSA) is 75.7 Å². The molecule has 9 heteroatoms. The van der Waals surface area contributed by atoms with Crippen molar-refractivity contribution in [2.45, 2.75) is 19.9 Å². The highest BCUT2D eigenvalue weighted by molar-refractivity contribution is 7.92. The van der Waals surface area contributed by atoms with Crippen LogP contribution in [0.3, 0.4) is 0 Å². The van der Waals surface area contributed by atoms with Crippen LogP contribution < -0.4 is 14.4 Å². The smallest absolute Gasteiger partial charge is 0.241 e. The summed E-state index contributed by atoms with van der Waals surface area (Å²) in [6.07, 6.45) is 1.03. The molecule has 28 heavy (non-hydrogen) atoms. The largest absolute Gasteiger partial charge is 0.494 e. The number of anilines is 1. The fourth-order valence-electron chi connectivity index (χ4n) is 2.56. The highest BCUT2D eigenvalue weighted by atomic mass is 35.5. The van der Waals surface area contributed by atoms with E-state index < -0.39 is 15.9 Å². The van der Waals surface area contributed by atoms with Crippen molar-refractivity contribution >= 4 is 44.8 Å². The van der Waals surface area contributed by atoms with Gasteiger partial charge in [-0.3, -0.25) is 9.10 Å². The highest BCUT2D eigenvalue weighted by Crippen LogP contribution is 2.28. The van der Waals surface area contributed by atoms with Gasteiger partial charge < -0.3 is 10.1 Å². The molecule has 0 saturated carbocycles. The molecule has 0 unspecified atom stereocenters. The Balaban J connectivity index is 2.12. The number of amides is 1. The predicted octanol–water partition coefficient (Wildman–Crippen LogP) is 4.04. The molecule has 0 bridgehead atoms. The van der Waals surface area contributed by atoms with Crippen molar-refractivity contribution in [3.63, 3.8) is 0 Å². The number of carbonyl (C=O) groups is 1. The van der Waals surface area contributed by atoms with Gasteiger partial charge in [0.2, 0.25) is 15.9 Å². The lowest BCUT2D eigenvalue weighted by molar-refractivity contribution is -0.120. The van der Waals surface area contributed by atoms with Crippen LogP contribution in [0.5, 0.6) is 5.75 Å². The molecule has 0 spiro atoms. The number of hydrogen-bond acceptors (Lipinski definition) is 4. The zero-order valence-electron chi connectivity index (χ0n) is 15.8. The summed E-state index contributed by atoms with van der Waals surface area (Å²) in [6, 6.07) is 11.4. The van der Waals surface area contributed by atoms with E-state index in [1.165, 1.54) is 18.2 Å². The average Bonchev–Trinajstić information content (AvgIpc) is 2.62. The van der Waals surface area contributed by atoms with E-state index in [-0.39, 0.29) is 23.3 Å². The van der Waals surface area contributed by atoms with Gasteiger partial charge in [-0.05, 0) is 49.7 Å². The monoisotopic (exact) mass is 444 g/mol. The van der Waals surface area contributed by atoms with Crippen LogP contribution in [0.15, 0.2) is 42.5 Å². The average molecular weight is 445 g/mol. The molecule has 1 N–H and O–H groups in total. The number of rotatable bonds is 8. The molecule has 1 atom stereocenters. The summed E-state index contributed by atoms with van der Waals surface area (Å²) in [4.78, 5) is 12.5. The third kappa shape index (κ3) is 6.02. The Labute approximate surface area is 175 Å². The van der Waals surface area contributed by atoms with Gasteiger partial charge >= 0.3 is 0 Å². The lowest BCUT2D eigenvalue weighted by Crippen LogP contribution is -2.41. The molecule has 0 heterocycles. The Morgan fingerprint density at radius 1 is 1.14 bits per heavy atom. The van der Waals surface area contributed by atoms with Crippen molar-refractivity contribution in [1.82, 2.24) is 5.32 Å². The Morgan fingerprint density at radius 2 is 1.79 bits per heavy atom. The number of benzene rings is 2. The second-order valence-electron chi connectivity index (χ2n) is 6.16. The summed E-state index contributed by atoms with van der Waals surface area (Å²) in [7, 11) is -3.70. The zero-order valence-corrected chi connectivity index (χ0v) is 18.1. The lowest BCUT2D eigenvalue weighted by Gasteiger charge is -2.23. The van der Waals surface area contributed by atoms with Crippen molar-refractivity contribution in [1.29, 1.82) is 0 Å². The van der Waals surface area contributed by atoms with Gasteiger partial charge in [0.1, 0.15) is 12.3 Å². The van der Waals surface area contributed by atoms with E-state index in [9.17, 15) is 13.2 Å². The number of nitrogens with zero attached hydrogens (tertiary/aromatic N) is 1. The van der Waals surface area contributed by atoms with Crippen LogP contribution in [0.1, 0.15) is 25.5 Å². The molecule has 6 nitrogen and oxygen atoms in total. The standard InChI is InChI=1S/C19H22Cl2N2O4S/c1-4-27-16-8-5-14(6-9-16)13(2)22-19(24)12-23(28(3,25)26)15-7-10-17(20)18(21)11-15/h5-11,13H,4,12H2,1-3H3,(H,22,24)/t13-/m1/s1. The number of ether oxygens (including phenoxy) is 1. The Hall–Kier alpha value is -1.96. The van der Waals surface area contributed by atoms with E-state index in [0.29, 0.717) is 11.6 Å². The zero-order chi connectivity index (χ0) is 20.9. The first-order valence-electron chi connectivity index (χ1n) is 8.56. The van der Waals surface area contributed by atoms with E-state index in [4.69, 9.17) is 27.9 Å². The number of hydrogen-bond donors (Lipinski definition) is 1. The lowest BCUT2D eigenvalue weighted by atomic mass is 10.1. The van der Waals surface area contributed by atoms with Gasteiger partial charge in [-0.1, -0.05) is 35.3 Å². The number of carbonyl (C=O) groups excluding carboxylic acids is 1. The van der Waals surface area contributed by atoms with E-state index in [1.54, 1.807) is 0 Å². The maximum absolute atomic E-state index is 12.5. The highest BCUT2D eigenvalue weighted by Gasteiger charge is 2.22. The maximum atomic E-state index is 12.5. The van der Waals surface area contributed by atoms with Gasteiger partial charge in [-0.2, -0.15) is 0 Å². The molecule has 0 fully saturated rings. The Kier molecular flexibility index (Phi) is 7.57. The first-order chi connectivity index (χ1) is 13.1. The fourth-order valence-corrected chi connectivity index (χ4v) is 3.70. The van der Waals surface area contributed by atoms with Gasteiger partial charge in [0.05, 0.1) is 34.6 Å². The molecule has 0 aromatic heterocycles. The Morgan fingerprint density at radius 3 is 2.32 bits per heavy atom. The van der Waals surface area contributed by atoms with Crippen LogP contribution in [0.4, 0.5) is 5.69 Å². The normalized spacial score (nSPS) is 12.3. The minimum absolute atomic E-state index is 0.205. The van der Waals surface area contributed by atoms with Gasteiger partial charge in [0.15, 0.2) is 0 Å². The first kappa shape index (κ1) is 22.3. The van der Waals surface area contributed by atoms with Gasteiger partial charge in [0, 0.05) is 0 Å². The second kappa shape index (κ2) is 9.49. The summed E-state index contributed by atoms with van der Waals surface area (Å²) in [5.74, 6) is 0.297. The minimum atomic E-state index is -3.70. The van der Waals surface area contributed by atoms with Gasteiger partial charge in [-0.15, -0.1) is 0 Å². The molecule has 2 aromatic rings. The summed E-state index contributed by atoms with van der Waals surface area (Å²) >= 11 is 11.9. The predicted molar refractivity (Wildman–Crippen MR) is 113 cm³/mol. The summed E-state index contributed by atoms with van der Waals surface area (Å²) in [6.45, 7) is 3.91. The molecule has 0 aliphatic heterocycles.